The molecule has 0 heterocycles. The van der Waals surface area contributed by atoms with Crippen LogP contribution < -0.4 is 5.73 Å². The van der Waals surface area contributed by atoms with Crippen LogP contribution in [0.1, 0.15) is 50.8 Å². The summed E-state index contributed by atoms with van der Waals surface area (Å²) in [4.78, 5) is 0. The zero-order valence-electron chi connectivity index (χ0n) is 10.1. The van der Waals surface area contributed by atoms with Crippen molar-refractivity contribution in [2.24, 2.45) is 5.73 Å². The van der Waals surface area contributed by atoms with E-state index in [2.05, 4.69) is 58.0 Å². The lowest BCUT2D eigenvalue weighted by Crippen LogP contribution is -2.07. The molecule has 0 amide bonds. The topological polar surface area (TPSA) is 26.0 Å². The third kappa shape index (κ3) is 3.52. The van der Waals surface area contributed by atoms with E-state index in [1.807, 2.05) is 0 Å². The number of rotatable bonds is 3. The normalized spacial score (nSPS) is 12.7. The molecule has 0 radical (unpaired) electrons. The molecule has 0 aromatic heterocycles. The van der Waals surface area contributed by atoms with Gasteiger partial charge < -0.3 is 5.73 Å². The first-order chi connectivity index (χ1) is 7.00. The molecule has 2 N–H and O–H groups in total. The number of nitrogens with two attached hydrogens (primary N) is 1. The van der Waals surface area contributed by atoms with Gasteiger partial charge in [-0.05, 0) is 30.9 Å². The summed E-state index contributed by atoms with van der Waals surface area (Å²) in [6, 6.07) is 8.60. The Morgan fingerprint density at radius 3 is 1.93 bits per heavy atom. The van der Waals surface area contributed by atoms with Crippen LogP contribution in [0, 0.1) is 0 Å². The molecule has 0 aliphatic rings. The highest BCUT2D eigenvalue weighted by atomic mass is 14.6. The highest BCUT2D eigenvalue weighted by Gasteiger charge is 2.03. The van der Waals surface area contributed by atoms with Crippen LogP contribution in [0.2, 0.25) is 0 Å². The molecular weight excluding hydrogens is 182 g/mol. The van der Waals surface area contributed by atoms with Crippen LogP contribution in [0.4, 0.5) is 0 Å². The predicted octanol–water partition coefficient (Wildman–Crippen LogP) is 3.78. The first kappa shape index (κ1) is 12.0. The largest absolute Gasteiger partial charge is 0.321 e. The van der Waals surface area contributed by atoms with Gasteiger partial charge in [0.2, 0.25) is 0 Å². The maximum atomic E-state index is 6.05. The van der Waals surface area contributed by atoms with Gasteiger partial charge >= 0.3 is 0 Å². The Hall–Kier alpha value is -1.08. The molecule has 1 nitrogen and oxygen atoms in total. The summed E-state index contributed by atoms with van der Waals surface area (Å²) >= 11 is 0. The van der Waals surface area contributed by atoms with Crippen molar-refractivity contribution in [3.8, 4) is 0 Å². The van der Waals surface area contributed by atoms with Crippen molar-refractivity contribution < 1.29 is 0 Å². The van der Waals surface area contributed by atoms with Crippen molar-refractivity contribution in [2.45, 2.75) is 39.7 Å². The molecule has 0 saturated carbocycles. The molecule has 1 heteroatoms. The Morgan fingerprint density at radius 1 is 1.07 bits per heavy atom. The van der Waals surface area contributed by atoms with Crippen molar-refractivity contribution in [3.63, 3.8) is 0 Å². The minimum Gasteiger partial charge on any atom is -0.321 e. The number of allylic oxidation sites excluding steroid dienone is 1. The maximum absolute atomic E-state index is 6.05. The quantitative estimate of drug-likeness (QED) is 0.743. The van der Waals surface area contributed by atoms with Crippen LogP contribution in [0.3, 0.4) is 0 Å². The second-order valence-corrected chi connectivity index (χ2v) is 4.59. The summed E-state index contributed by atoms with van der Waals surface area (Å²) in [5, 5.41) is 0. The second kappa shape index (κ2) is 5.13. The fourth-order valence-electron chi connectivity index (χ4n) is 1.56. The summed E-state index contributed by atoms with van der Waals surface area (Å²) in [5.74, 6) is 0.582. The van der Waals surface area contributed by atoms with E-state index < -0.39 is 0 Å². The summed E-state index contributed by atoms with van der Waals surface area (Å²) in [5.41, 5.74) is 9.85. The van der Waals surface area contributed by atoms with Crippen LogP contribution in [0.25, 0.3) is 0 Å². The maximum Gasteiger partial charge on any atom is 0.0483 e. The van der Waals surface area contributed by atoms with Crippen LogP contribution in [-0.2, 0) is 0 Å². The molecule has 1 aromatic carbocycles. The molecule has 1 aromatic rings. The van der Waals surface area contributed by atoms with E-state index in [0.717, 1.165) is 0 Å². The second-order valence-electron chi connectivity index (χ2n) is 4.59. The molecule has 0 aliphatic carbocycles. The Bertz CT molecular complexity index is 329. The van der Waals surface area contributed by atoms with E-state index in [1.165, 1.54) is 16.7 Å². The van der Waals surface area contributed by atoms with E-state index in [-0.39, 0.29) is 6.04 Å². The van der Waals surface area contributed by atoms with Gasteiger partial charge in [0, 0.05) is 6.04 Å². The Balaban J connectivity index is 2.84. The minimum absolute atomic E-state index is 0.0243. The third-order valence-corrected chi connectivity index (χ3v) is 2.50. The van der Waals surface area contributed by atoms with Gasteiger partial charge in [0.1, 0.15) is 0 Å². The van der Waals surface area contributed by atoms with Gasteiger partial charge in [-0.25, -0.2) is 0 Å². The first-order valence-corrected chi connectivity index (χ1v) is 5.51. The Kier molecular flexibility index (Phi) is 4.10. The summed E-state index contributed by atoms with van der Waals surface area (Å²) in [6.45, 7) is 8.54. The van der Waals surface area contributed by atoms with E-state index in [4.69, 9.17) is 5.73 Å². The molecule has 0 aliphatic heterocycles. The molecule has 1 unspecified atom stereocenters. The van der Waals surface area contributed by atoms with Crippen molar-refractivity contribution in [3.05, 3.63) is 47.0 Å². The standard InChI is InChI=1S/C14H21N/c1-10(2)9-14(15)13-7-5-12(6-8-13)11(3)4/h5-9,11,14H,15H2,1-4H3. The molecular formula is C14H21N. The van der Waals surface area contributed by atoms with Crippen LogP contribution >= 0.6 is 0 Å². The highest BCUT2D eigenvalue weighted by molar-refractivity contribution is 5.29. The lowest BCUT2D eigenvalue weighted by Gasteiger charge is -2.10. The van der Waals surface area contributed by atoms with Gasteiger partial charge in [-0.3, -0.25) is 0 Å². The smallest absolute Gasteiger partial charge is 0.0483 e. The van der Waals surface area contributed by atoms with E-state index >= 15 is 0 Å². The van der Waals surface area contributed by atoms with Crippen LogP contribution in [0.5, 0.6) is 0 Å². The minimum atomic E-state index is 0.0243. The molecule has 0 saturated heterocycles. The van der Waals surface area contributed by atoms with Crippen molar-refractivity contribution >= 4 is 0 Å². The Morgan fingerprint density at radius 2 is 1.53 bits per heavy atom. The van der Waals surface area contributed by atoms with E-state index in [9.17, 15) is 0 Å². The van der Waals surface area contributed by atoms with Crippen molar-refractivity contribution in [1.82, 2.24) is 0 Å². The summed E-state index contributed by atoms with van der Waals surface area (Å²) in [6.07, 6.45) is 2.09. The number of hydrogen-bond donors (Lipinski definition) is 1. The monoisotopic (exact) mass is 203 g/mol. The van der Waals surface area contributed by atoms with E-state index in [1.54, 1.807) is 0 Å². The van der Waals surface area contributed by atoms with Gasteiger partial charge in [-0.15, -0.1) is 0 Å². The zero-order valence-corrected chi connectivity index (χ0v) is 10.1. The van der Waals surface area contributed by atoms with Gasteiger partial charge in [0.25, 0.3) is 0 Å². The lowest BCUT2D eigenvalue weighted by atomic mass is 9.99. The zero-order chi connectivity index (χ0) is 11.4. The fraction of sp³-hybridized carbons (Fsp3) is 0.429. The lowest BCUT2D eigenvalue weighted by molar-refractivity contribution is 0.856. The molecule has 0 fully saturated rings. The van der Waals surface area contributed by atoms with Gasteiger partial charge in [-0.2, -0.15) is 0 Å². The SMILES string of the molecule is CC(C)=CC(N)c1ccc(C(C)C)cc1. The van der Waals surface area contributed by atoms with Crippen LogP contribution in [-0.4, -0.2) is 0 Å². The predicted molar refractivity (Wildman–Crippen MR) is 66.9 cm³/mol. The summed E-state index contributed by atoms with van der Waals surface area (Å²) < 4.78 is 0. The van der Waals surface area contributed by atoms with Gasteiger partial charge in [0.05, 0.1) is 0 Å². The molecule has 1 atom stereocenters. The summed E-state index contributed by atoms with van der Waals surface area (Å²) in [7, 11) is 0. The van der Waals surface area contributed by atoms with Gasteiger partial charge in [-0.1, -0.05) is 49.8 Å². The average molecular weight is 203 g/mol. The molecule has 1 rings (SSSR count). The van der Waals surface area contributed by atoms with E-state index in [0.29, 0.717) is 5.92 Å². The number of hydrogen-bond acceptors (Lipinski definition) is 1. The third-order valence-electron chi connectivity index (χ3n) is 2.50. The average Bonchev–Trinajstić information content (AvgIpc) is 2.17. The molecule has 0 spiro atoms. The Labute approximate surface area is 93.0 Å². The number of benzene rings is 1. The van der Waals surface area contributed by atoms with Crippen molar-refractivity contribution in [2.75, 3.05) is 0 Å². The van der Waals surface area contributed by atoms with Crippen LogP contribution in [0.15, 0.2) is 35.9 Å². The molecule has 82 valence electrons. The molecule has 0 bridgehead atoms. The molecule has 15 heavy (non-hydrogen) atoms. The fourth-order valence-corrected chi connectivity index (χ4v) is 1.56. The van der Waals surface area contributed by atoms with Gasteiger partial charge in [0.15, 0.2) is 0 Å². The highest BCUT2D eigenvalue weighted by Crippen LogP contribution is 2.18. The van der Waals surface area contributed by atoms with Crippen molar-refractivity contribution in [1.29, 1.82) is 0 Å². The first-order valence-electron chi connectivity index (χ1n) is 5.51.